The largest absolute Gasteiger partial charge is 0.449 e. The van der Waals surface area contributed by atoms with Gasteiger partial charge in [0.15, 0.2) is 5.84 Å². The zero-order valence-corrected chi connectivity index (χ0v) is 13.9. The number of nitrogens with zero attached hydrogens (tertiary/aromatic N) is 4. The molecule has 0 spiro atoms. The topological polar surface area (TPSA) is 81.4 Å². The van der Waals surface area contributed by atoms with E-state index in [0.29, 0.717) is 22.2 Å². The monoisotopic (exact) mass is 355 g/mol. The molecule has 0 saturated heterocycles. The van der Waals surface area contributed by atoms with Gasteiger partial charge in [-0.1, -0.05) is 36.5 Å². The van der Waals surface area contributed by atoms with Gasteiger partial charge in [0.2, 0.25) is 0 Å². The first kappa shape index (κ1) is 17.2. The number of nitrogens with one attached hydrogen (secondary N) is 1. The molecule has 0 atom stereocenters. The third kappa shape index (κ3) is 5.22. The maximum absolute atomic E-state index is 11.9. The van der Waals surface area contributed by atoms with Crippen LogP contribution in [0, 0.1) is 0 Å². The van der Waals surface area contributed by atoms with Gasteiger partial charge in [0.25, 0.3) is 0 Å². The SMILES string of the molecule is CCCCOC(=O)N/C(=N\n1cnnc1)c1ccc(Cl)cc1Cl. The summed E-state index contributed by atoms with van der Waals surface area (Å²) < 4.78 is 6.42. The van der Waals surface area contributed by atoms with Gasteiger partial charge in [0, 0.05) is 10.6 Å². The Morgan fingerprint density at radius 3 is 2.74 bits per heavy atom. The highest BCUT2D eigenvalue weighted by Crippen LogP contribution is 2.21. The number of ether oxygens (including phenoxy) is 1. The first-order valence-corrected chi connectivity index (χ1v) is 7.68. The first-order valence-electron chi connectivity index (χ1n) is 6.93. The number of halogens is 2. The minimum Gasteiger partial charge on any atom is -0.449 e. The summed E-state index contributed by atoms with van der Waals surface area (Å²) in [5.41, 5.74) is 0.497. The highest BCUT2D eigenvalue weighted by Gasteiger charge is 2.14. The molecule has 2 rings (SSSR count). The zero-order valence-electron chi connectivity index (χ0n) is 12.4. The molecule has 2 aromatic rings. The highest BCUT2D eigenvalue weighted by molar-refractivity contribution is 6.37. The minimum atomic E-state index is -0.615. The average molecular weight is 356 g/mol. The third-order valence-electron chi connectivity index (χ3n) is 2.76. The van der Waals surface area contributed by atoms with Crippen molar-refractivity contribution in [2.24, 2.45) is 5.10 Å². The molecule has 1 aromatic heterocycles. The van der Waals surface area contributed by atoms with Crippen molar-refractivity contribution in [2.45, 2.75) is 19.8 Å². The molecule has 7 nitrogen and oxygen atoms in total. The Morgan fingerprint density at radius 2 is 2.09 bits per heavy atom. The molecule has 0 aliphatic rings. The quantitative estimate of drug-likeness (QED) is 0.506. The lowest BCUT2D eigenvalue weighted by molar-refractivity contribution is 0.150. The minimum absolute atomic E-state index is 0.202. The van der Waals surface area contributed by atoms with E-state index < -0.39 is 6.09 Å². The second-order valence-electron chi connectivity index (χ2n) is 4.53. The lowest BCUT2D eigenvalue weighted by Gasteiger charge is -2.11. The summed E-state index contributed by atoms with van der Waals surface area (Å²) in [4.78, 5) is 11.9. The fraction of sp³-hybridized carbons (Fsp3) is 0.286. The maximum atomic E-state index is 11.9. The second-order valence-corrected chi connectivity index (χ2v) is 5.37. The predicted octanol–water partition coefficient (Wildman–Crippen LogP) is 3.32. The van der Waals surface area contributed by atoms with Crippen LogP contribution in [0.15, 0.2) is 36.0 Å². The number of alkyl carbamates (subject to hydrolysis) is 1. The molecule has 122 valence electrons. The summed E-state index contributed by atoms with van der Waals surface area (Å²) in [6.07, 6.45) is 3.86. The second kappa shape index (κ2) is 8.50. The van der Waals surface area contributed by atoms with Crippen LogP contribution in [0.25, 0.3) is 0 Å². The molecule has 1 amide bonds. The molecule has 0 unspecified atom stereocenters. The Morgan fingerprint density at radius 1 is 1.35 bits per heavy atom. The van der Waals surface area contributed by atoms with Crippen molar-refractivity contribution in [2.75, 3.05) is 6.61 Å². The van der Waals surface area contributed by atoms with Gasteiger partial charge >= 0.3 is 6.09 Å². The summed E-state index contributed by atoms with van der Waals surface area (Å²) in [5, 5.41) is 14.9. The van der Waals surface area contributed by atoms with Crippen molar-refractivity contribution in [3.8, 4) is 0 Å². The van der Waals surface area contributed by atoms with Gasteiger partial charge in [-0.15, -0.1) is 15.3 Å². The van der Waals surface area contributed by atoms with E-state index in [9.17, 15) is 4.79 Å². The van der Waals surface area contributed by atoms with Crippen molar-refractivity contribution < 1.29 is 9.53 Å². The van der Waals surface area contributed by atoms with Gasteiger partial charge in [0.1, 0.15) is 12.7 Å². The van der Waals surface area contributed by atoms with E-state index in [1.54, 1.807) is 18.2 Å². The molecule has 0 aliphatic carbocycles. The van der Waals surface area contributed by atoms with Crippen molar-refractivity contribution in [1.29, 1.82) is 0 Å². The number of hydrogen-bond acceptors (Lipinski definition) is 5. The van der Waals surface area contributed by atoms with E-state index in [4.69, 9.17) is 27.9 Å². The van der Waals surface area contributed by atoms with E-state index in [1.807, 2.05) is 6.92 Å². The van der Waals surface area contributed by atoms with Crippen LogP contribution in [0.2, 0.25) is 10.0 Å². The molecule has 0 aliphatic heterocycles. The van der Waals surface area contributed by atoms with Crippen LogP contribution in [0.5, 0.6) is 0 Å². The number of unbranched alkanes of at least 4 members (excludes halogenated alkanes) is 1. The Labute approximate surface area is 143 Å². The summed E-state index contributed by atoms with van der Waals surface area (Å²) in [5.74, 6) is 0.202. The molecular weight excluding hydrogens is 341 g/mol. The number of aromatic nitrogens is 3. The van der Waals surface area contributed by atoms with Gasteiger partial charge in [-0.25, -0.2) is 9.47 Å². The van der Waals surface area contributed by atoms with E-state index >= 15 is 0 Å². The molecule has 23 heavy (non-hydrogen) atoms. The van der Waals surface area contributed by atoms with E-state index in [2.05, 4.69) is 20.6 Å². The number of amidine groups is 1. The number of carbonyl (C=O) groups is 1. The highest BCUT2D eigenvalue weighted by atomic mass is 35.5. The molecule has 9 heteroatoms. The van der Waals surface area contributed by atoms with E-state index in [-0.39, 0.29) is 5.84 Å². The van der Waals surface area contributed by atoms with Crippen LogP contribution in [0.3, 0.4) is 0 Å². The maximum Gasteiger partial charge on any atom is 0.412 e. The predicted molar refractivity (Wildman–Crippen MR) is 87.8 cm³/mol. The van der Waals surface area contributed by atoms with Crippen LogP contribution in [-0.4, -0.2) is 33.4 Å². The van der Waals surface area contributed by atoms with E-state index in [1.165, 1.54) is 17.3 Å². The molecule has 0 radical (unpaired) electrons. The Bertz CT molecular complexity index is 688. The van der Waals surface area contributed by atoms with Gasteiger partial charge in [-0.05, 0) is 24.6 Å². The molecular formula is C14H15Cl2N5O2. The first-order chi connectivity index (χ1) is 11.1. The molecule has 0 fully saturated rings. The van der Waals surface area contributed by atoms with E-state index in [0.717, 1.165) is 12.8 Å². The van der Waals surface area contributed by atoms with Crippen LogP contribution in [0.4, 0.5) is 4.79 Å². The van der Waals surface area contributed by atoms with Crippen molar-refractivity contribution in [1.82, 2.24) is 20.2 Å². The molecule has 1 heterocycles. The lowest BCUT2D eigenvalue weighted by Crippen LogP contribution is -2.33. The van der Waals surface area contributed by atoms with Crippen molar-refractivity contribution in [3.63, 3.8) is 0 Å². The van der Waals surface area contributed by atoms with Crippen LogP contribution in [0.1, 0.15) is 25.3 Å². The summed E-state index contributed by atoms with van der Waals surface area (Å²) >= 11 is 12.1. The van der Waals surface area contributed by atoms with Crippen molar-refractivity contribution in [3.05, 3.63) is 46.5 Å². The number of amides is 1. The van der Waals surface area contributed by atoms with Gasteiger partial charge in [0.05, 0.1) is 11.6 Å². The van der Waals surface area contributed by atoms with Crippen molar-refractivity contribution >= 4 is 35.1 Å². The van der Waals surface area contributed by atoms with Crippen LogP contribution >= 0.6 is 23.2 Å². The Kier molecular flexibility index (Phi) is 6.37. The van der Waals surface area contributed by atoms with Gasteiger partial charge in [-0.2, -0.15) is 0 Å². The number of rotatable bonds is 5. The number of hydrogen-bond donors (Lipinski definition) is 1. The van der Waals surface area contributed by atoms with Crippen LogP contribution < -0.4 is 5.32 Å². The lowest BCUT2D eigenvalue weighted by atomic mass is 10.2. The fourth-order valence-corrected chi connectivity index (χ4v) is 2.13. The van der Waals surface area contributed by atoms with Gasteiger partial charge in [-0.3, -0.25) is 5.32 Å². The molecule has 1 aromatic carbocycles. The summed E-state index contributed by atoms with van der Waals surface area (Å²) in [7, 11) is 0. The standard InChI is InChI=1S/C14H15Cl2N5O2/c1-2-3-6-23-14(22)19-13(20-21-8-17-18-9-21)11-5-4-10(15)7-12(11)16/h4-5,7-9H,2-3,6H2,1H3,(H,19,20,22). The molecule has 1 N–H and O–H groups in total. The number of carbonyl (C=O) groups excluding carboxylic acids is 1. The summed E-state index contributed by atoms with van der Waals surface area (Å²) in [6, 6.07) is 4.86. The zero-order chi connectivity index (χ0) is 16.7. The fourth-order valence-electron chi connectivity index (χ4n) is 1.63. The smallest absolute Gasteiger partial charge is 0.412 e. The van der Waals surface area contributed by atoms with Gasteiger partial charge < -0.3 is 4.74 Å². The van der Waals surface area contributed by atoms with Crippen LogP contribution in [-0.2, 0) is 4.74 Å². The molecule has 0 saturated carbocycles. The summed E-state index contributed by atoms with van der Waals surface area (Å²) in [6.45, 7) is 2.34. The normalized spacial score (nSPS) is 11.3. The number of benzene rings is 1. The Hall–Kier alpha value is -2.12. The average Bonchev–Trinajstić information content (AvgIpc) is 3.00. The molecule has 0 bridgehead atoms. The third-order valence-corrected chi connectivity index (χ3v) is 3.31. The Balaban J connectivity index is 2.24.